The molecule has 126 valence electrons. The van der Waals surface area contributed by atoms with Crippen molar-refractivity contribution >= 4 is 10.0 Å². The first-order valence-corrected chi connectivity index (χ1v) is 7.89. The van der Waals surface area contributed by atoms with Crippen LogP contribution in [0.4, 0.5) is 13.2 Å². The Morgan fingerprint density at radius 1 is 1.13 bits per heavy atom. The maximum absolute atomic E-state index is 12.4. The van der Waals surface area contributed by atoms with E-state index in [0.29, 0.717) is 11.5 Å². The maximum Gasteiger partial charge on any atom is 0.573 e. The fourth-order valence-electron chi connectivity index (χ4n) is 1.87. The van der Waals surface area contributed by atoms with Crippen molar-refractivity contribution in [2.45, 2.75) is 24.7 Å². The van der Waals surface area contributed by atoms with Gasteiger partial charge in [0, 0.05) is 7.05 Å². The Kier molecular flexibility index (Phi) is 4.71. The van der Waals surface area contributed by atoms with E-state index in [1.807, 2.05) is 0 Å². The minimum atomic E-state index is -4.83. The summed E-state index contributed by atoms with van der Waals surface area (Å²) >= 11 is 0. The number of sulfonamides is 1. The predicted octanol–water partition coefficient (Wildman–Crippen LogP) is 3.31. The van der Waals surface area contributed by atoms with Crippen LogP contribution in [0, 0.1) is 6.92 Å². The first-order chi connectivity index (χ1) is 10.6. The Balaban J connectivity index is 2.15. The van der Waals surface area contributed by atoms with E-state index in [-0.39, 0.29) is 11.4 Å². The summed E-state index contributed by atoms with van der Waals surface area (Å²) in [6.45, 7) is 1.74. The molecule has 5 nitrogen and oxygen atoms in total. The van der Waals surface area contributed by atoms with Crippen LogP contribution in [0.5, 0.6) is 5.75 Å². The number of nitrogens with zero attached hydrogens (tertiary/aromatic N) is 1. The number of aryl methyl sites for hydroxylation is 1. The van der Waals surface area contributed by atoms with Crippen molar-refractivity contribution in [3.63, 3.8) is 0 Å². The molecule has 1 aromatic heterocycles. The predicted molar refractivity (Wildman–Crippen MR) is 75.2 cm³/mol. The quantitative estimate of drug-likeness (QED) is 0.831. The van der Waals surface area contributed by atoms with Gasteiger partial charge < -0.3 is 9.15 Å². The first kappa shape index (κ1) is 17.4. The molecule has 9 heteroatoms. The van der Waals surface area contributed by atoms with Gasteiger partial charge in [-0.1, -0.05) is 0 Å². The fraction of sp³-hybridized carbons (Fsp3) is 0.286. The number of hydrogen-bond donors (Lipinski definition) is 0. The molecule has 0 amide bonds. The van der Waals surface area contributed by atoms with Gasteiger partial charge in [-0.2, -0.15) is 4.31 Å². The number of furan rings is 1. The maximum atomic E-state index is 12.4. The molecule has 0 bridgehead atoms. The van der Waals surface area contributed by atoms with Crippen molar-refractivity contribution in [2.24, 2.45) is 0 Å². The normalized spacial score (nSPS) is 12.6. The molecule has 0 unspecified atom stereocenters. The van der Waals surface area contributed by atoms with Crippen LogP contribution in [0.25, 0.3) is 0 Å². The van der Waals surface area contributed by atoms with Crippen molar-refractivity contribution in [3.05, 3.63) is 47.9 Å². The largest absolute Gasteiger partial charge is 0.573 e. The van der Waals surface area contributed by atoms with Gasteiger partial charge in [0.2, 0.25) is 10.0 Å². The van der Waals surface area contributed by atoms with Crippen molar-refractivity contribution in [1.82, 2.24) is 4.31 Å². The Hall–Kier alpha value is -2.00. The second-order valence-corrected chi connectivity index (χ2v) is 6.84. The van der Waals surface area contributed by atoms with Crippen molar-refractivity contribution in [2.75, 3.05) is 7.05 Å². The molecule has 23 heavy (non-hydrogen) atoms. The number of hydrogen-bond acceptors (Lipinski definition) is 4. The number of halogens is 3. The molecule has 0 saturated carbocycles. The van der Waals surface area contributed by atoms with Crippen LogP contribution < -0.4 is 4.74 Å². The van der Waals surface area contributed by atoms with E-state index in [1.54, 1.807) is 19.1 Å². The SMILES string of the molecule is Cc1ccc(CN(C)S(=O)(=O)c2ccc(OC(F)(F)F)cc2)o1. The third kappa shape index (κ3) is 4.49. The molecule has 0 fully saturated rings. The zero-order valence-corrected chi connectivity index (χ0v) is 13.1. The highest BCUT2D eigenvalue weighted by Gasteiger charge is 2.31. The summed E-state index contributed by atoms with van der Waals surface area (Å²) in [5, 5.41) is 0. The molecule has 0 saturated heterocycles. The average molecular weight is 349 g/mol. The molecule has 0 radical (unpaired) electrons. The summed E-state index contributed by atoms with van der Waals surface area (Å²) in [5.41, 5.74) is 0. The average Bonchev–Trinajstić information content (AvgIpc) is 2.83. The lowest BCUT2D eigenvalue weighted by molar-refractivity contribution is -0.274. The monoisotopic (exact) mass is 349 g/mol. The fourth-order valence-corrected chi connectivity index (χ4v) is 3.00. The second kappa shape index (κ2) is 6.25. The molecule has 0 spiro atoms. The van der Waals surface area contributed by atoms with Crippen LogP contribution >= 0.6 is 0 Å². The van der Waals surface area contributed by atoms with Gasteiger partial charge >= 0.3 is 6.36 Å². The van der Waals surface area contributed by atoms with Gasteiger partial charge in [-0.05, 0) is 43.3 Å². The Labute approximate surface area is 131 Å². The molecule has 1 aromatic carbocycles. The van der Waals surface area contributed by atoms with Crippen LogP contribution in [0.2, 0.25) is 0 Å². The summed E-state index contributed by atoms with van der Waals surface area (Å²) in [7, 11) is -2.50. The highest BCUT2D eigenvalue weighted by Crippen LogP contribution is 2.25. The summed E-state index contributed by atoms with van der Waals surface area (Å²) in [6, 6.07) is 7.37. The van der Waals surface area contributed by atoms with Crippen molar-refractivity contribution < 1.29 is 30.7 Å². The molecule has 0 N–H and O–H groups in total. The third-order valence-corrected chi connectivity index (χ3v) is 4.76. The molecular formula is C14H14F3NO4S. The zero-order valence-electron chi connectivity index (χ0n) is 12.3. The third-order valence-electron chi connectivity index (χ3n) is 2.94. The van der Waals surface area contributed by atoms with Crippen LogP contribution in [0.15, 0.2) is 45.7 Å². The standard InChI is InChI=1S/C14H14F3NO4S/c1-10-3-4-12(21-10)9-18(2)23(19,20)13-7-5-11(6-8-13)22-14(15,16)17/h3-8H,9H2,1-2H3. The highest BCUT2D eigenvalue weighted by molar-refractivity contribution is 7.89. The van der Waals surface area contributed by atoms with Crippen LogP contribution in [0.3, 0.4) is 0 Å². The number of rotatable bonds is 5. The summed E-state index contributed by atoms with van der Waals surface area (Å²) < 4.78 is 71.0. The lowest BCUT2D eigenvalue weighted by Crippen LogP contribution is -2.26. The Morgan fingerprint density at radius 3 is 2.22 bits per heavy atom. The lowest BCUT2D eigenvalue weighted by Gasteiger charge is -2.16. The van der Waals surface area contributed by atoms with Gasteiger partial charge in [0.1, 0.15) is 17.3 Å². The second-order valence-electron chi connectivity index (χ2n) is 4.79. The minimum absolute atomic E-state index is 0.0109. The van der Waals surface area contributed by atoms with E-state index in [9.17, 15) is 21.6 Å². The Morgan fingerprint density at radius 2 is 1.74 bits per heavy atom. The van der Waals surface area contributed by atoms with E-state index in [2.05, 4.69) is 4.74 Å². The minimum Gasteiger partial charge on any atom is -0.465 e. The van der Waals surface area contributed by atoms with Gasteiger partial charge in [-0.15, -0.1) is 13.2 Å². The lowest BCUT2D eigenvalue weighted by atomic mass is 10.3. The van der Waals surface area contributed by atoms with Gasteiger partial charge in [0.15, 0.2) is 0 Å². The van der Waals surface area contributed by atoms with Gasteiger partial charge in [-0.25, -0.2) is 8.42 Å². The first-order valence-electron chi connectivity index (χ1n) is 6.45. The molecule has 1 heterocycles. The van der Waals surface area contributed by atoms with E-state index < -0.39 is 22.1 Å². The van der Waals surface area contributed by atoms with Crippen molar-refractivity contribution in [3.8, 4) is 5.75 Å². The number of benzene rings is 1. The van der Waals surface area contributed by atoms with E-state index in [4.69, 9.17) is 4.42 Å². The van der Waals surface area contributed by atoms with Crippen LogP contribution in [-0.4, -0.2) is 26.1 Å². The molecular weight excluding hydrogens is 335 g/mol. The number of alkyl halides is 3. The number of ether oxygens (including phenoxy) is 1. The zero-order chi connectivity index (χ0) is 17.3. The molecule has 0 aliphatic carbocycles. The van der Waals surface area contributed by atoms with Crippen molar-refractivity contribution in [1.29, 1.82) is 0 Å². The molecule has 2 aromatic rings. The smallest absolute Gasteiger partial charge is 0.465 e. The van der Waals surface area contributed by atoms with Gasteiger partial charge in [0.05, 0.1) is 11.4 Å². The summed E-state index contributed by atoms with van der Waals surface area (Å²) in [6.07, 6.45) is -4.83. The van der Waals surface area contributed by atoms with E-state index >= 15 is 0 Å². The molecule has 0 aliphatic rings. The molecule has 0 aliphatic heterocycles. The van der Waals surface area contributed by atoms with E-state index in [1.165, 1.54) is 7.05 Å². The van der Waals surface area contributed by atoms with Gasteiger partial charge in [-0.3, -0.25) is 0 Å². The Bertz CT molecular complexity index is 766. The topological polar surface area (TPSA) is 59.8 Å². The van der Waals surface area contributed by atoms with Crippen LogP contribution in [-0.2, 0) is 16.6 Å². The highest BCUT2D eigenvalue weighted by atomic mass is 32.2. The summed E-state index contributed by atoms with van der Waals surface area (Å²) in [4.78, 5) is -0.141. The van der Waals surface area contributed by atoms with E-state index in [0.717, 1.165) is 28.6 Å². The summed E-state index contributed by atoms with van der Waals surface area (Å²) in [5.74, 6) is 0.630. The van der Waals surface area contributed by atoms with Crippen LogP contribution in [0.1, 0.15) is 11.5 Å². The molecule has 2 rings (SSSR count). The van der Waals surface area contributed by atoms with Gasteiger partial charge in [0.25, 0.3) is 0 Å². The molecule has 0 atom stereocenters.